The molecule has 36 heavy (non-hydrogen) atoms. The number of amides is 2. The highest BCUT2D eigenvalue weighted by Crippen LogP contribution is 2.26. The van der Waals surface area contributed by atoms with Crippen LogP contribution in [0.1, 0.15) is 47.4 Å². The highest BCUT2D eigenvalue weighted by atomic mass is 79.9. The molecule has 7 nitrogen and oxygen atoms in total. The van der Waals surface area contributed by atoms with Crippen LogP contribution in [-0.2, 0) is 0 Å². The van der Waals surface area contributed by atoms with Crippen molar-refractivity contribution in [3.05, 3.63) is 82.3 Å². The van der Waals surface area contributed by atoms with Crippen molar-refractivity contribution in [3.8, 4) is 11.5 Å². The third-order valence-electron chi connectivity index (χ3n) is 5.02. The van der Waals surface area contributed by atoms with Gasteiger partial charge in [0.1, 0.15) is 11.5 Å². The largest absolute Gasteiger partial charge is 0.494 e. The molecule has 0 unspecified atom stereocenters. The van der Waals surface area contributed by atoms with Gasteiger partial charge in [0.2, 0.25) is 0 Å². The molecule has 3 aromatic carbocycles. The lowest BCUT2D eigenvalue weighted by molar-refractivity contribution is 0.0976. The number of hydrogen-bond donors (Lipinski definition) is 3. The van der Waals surface area contributed by atoms with Gasteiger partial charge in [0.05, 0.1) is 28.9 Å². The molecule has 0 aliphatic carbocycles. The minimum atomic E-state index is -0.385. The number of nitrogens with one attached hydrogen (secondary N) is 3. The fraction of sp³-hybridized carbons (Fsp3) is 0.222. The Kier molecular flexibility index (Phi) is 10.3. The lowest BCUT2D eigenvalue weighted by atomic mass is 10.1. The van der Waals surface area contributed by atoms with Gasteiger partial charge in [0, 0.05) is 11.3 Å². The monoisotopic (exact) mass is 569 g/mol. The second-order valence-electron chi connectivity index (χ2n) is 7.71. The van der Waals surface area contributed by atoms with E-state index in [9.17, 15) is 9.59 Å². The van der Waals surface area contributed by atoms with E-state index in [-0.39, 0.29) is 16.9 Å². The molecule has 3 aromatic rings. The summed E-state index contributed by atoms with van der Waals surface area (Å²) in [5, 5.41) is 8.52. The van der Waals surface area contributed by atoms with Crippen LogP contribution >= 0.6 is 28.1 Å². The van der Waals surface area contributed by atoms with Gasteiger partial charge in [0.15, 0.2) is 5.11 Å². The van der Waals surface area contributed by atoms with Gasteiger partial charge in [-0.1, -0.05) is 25.5 Å². The van der Waals surface area contributed by atoms with Crippen LogP contribution < -0.4 is 25.4 Å². The number of ether oxygens (including phenoxy) is 2. The van der Waals surface area contributed by atoms with Crippen molar-refractivity contribution < 1.29 is 19.1 Å². The van der Waals surface area contributed by atoms with Crippen molar-refractivity contribution in [1.82, 2.24) is 5.32 Å². The van der Waals surface area contributed by atoms with Gasteiger partial charge in [-0.25, -0.2) is 0 Å². The second-order valence-corrected chi connectivity index (χ2v) is 8.98. The predicted octanol–water partition coefficient (Wildman–Crippen LogP) is 6.41. The first-order valence-electron chi connectivity index (χ1n) is 11.6. The van der Waals surface area contributed by atoms with E-state index in [2.05, 4.69) is 38.8 Å². The Balaban J connectivity index is 1.62. The maximum atomic E-state index is 12.9. The quantitative estimate of drug-likeness (QED) is 0.193. The molecular weight excluding hydrogens is 542 g/mol. The molecule has 0 aliphatic heterocycles. The smallest absolute Gasteiger partial charge is 0.257 e. The van der Waals surface area contributed by atoms with Gasteiger partial charge >= 0.3 is 0 Å². The Labute approximate surface area is 224 Å². The molecule has 0 heterocycles. The normalized spacial score (nSPS) is 10.3. The fourth-order valence-electron chi connectivity index (χ4n) is 3.20. The fourth-order valence-corrected chi connectivity index (χ4v) is 3.90. The van der Waals surface area contributed by atoms with Gasteiger partial charge in [-0.15, -0.1) is 0 Å². The zero-order chi connectivity index (χ0) is 25.9. The van der Waals surface area contributed by atoms with Crippen LogP contribution in [-0.4, -0.2) is 30.1 Å². The van der Waals surface area contributed by atoms with E-state index in [4.69, 9.17) is 21.7 Å². The van der Waals surface area contributed by atoms with Crippen LogP contribution in [0, 0.1) is 0 Å². The molecular formula is C27H28BrN3O4S. The molecule has 188 valence electrons. The number of benzene rings is 3. The van der Waals surface area contributed by atoms with Crippen molar-refractivity contribution in [3.63, 3.8) is 0 Å². The Morgan fingerprint density at radius 1 is 0.917 bits per heavy atom. The van der Waals surface area contributed by atoms with E-state index in [1.165, 1.54) is 0 Å². The summed E-state index contributed by atoms with van der Waals surface area (Å²) < 4.78 is 11.8. The lowest BCUT2D eigenvalue weighted by Gasteiger charge is -2.14. The predicted molar refractivity (Wildman–Crippen MR) is 150 cm³/mol. The number of rotatable bonds is 10. The first-order valence-corrected chi connectivity index (χ1v) is 12.8. The van der Waals surface area contributed by atoms with Gasteiger partial charge < -0.3 is 20.1 Å². The molecule has 0 atom stereocenters. The zero-order valence-corrected chi connectivity index (χ0v) is 22.5. The Hall–Kier alpha value is -3.43. The Morgan fingerprint density at radius 2 is 1.67 bits per heavy atom. The summed E-state index contributed by atoms with van der Waals surface area (Å²) in [6.07, 6.45) is 1.99. The van der Waals surface area contributed by atoms with E-state index in [0.29, 0.717) is 45.9 Å². The summed E-state index contributed by atoms with van der Waals surface area (Å²) in [5.41, 5.74) is 1.88. The summed E-state index contributed by atoms with van der Waals surface area (Å²) in [6.45, 7) is 5.18. The molecule has 0 aliphatic rings. The van der Waals surface area contributed by atoms with Gasteiger partial charge in [0.25, 0.3) is 11.8 Å². The molecule has 3 rings (SSSR count). The number of unbranched alkanes of at least 4 members (excludes halogenated alkanes) is 1. The van der Waals surface area contributed by atoms with Crippen molar-refractivity contribution in [1.29, 1.82) is 0 Å². The summed E-state index contributed by atoms with van der Waals surface area (Å²) in [7, 11) is 0. The number of anilines is 2. The minimum absolute atomic E-state index is 0.0701. The van der Waals surface area contributed by atoms with E-state index >= 15 is 0 Å². The molecule has 0 saturated heterocycles. The molecule has 0 bridgehead atoms. The van der Waals surface area contributed by atoms with Gasteiger partial charge in [-0.05, 0) is 96.1 Å². The molecule has 0 aromatic heterocycles. The summed E-state index contributed by atoms with van der Waals surface area (Å²) in [4.78, 5) is 25.6. The second kappa shape index (κ2) is 13.6. The Morgan fingerprint density at radius 3 is 2.36 bits per heavy atom. The van der Waals surface area contributed by atoms with Crippen LogP contribution in [0.25, 0.3) is 0 Å². The van der Waals surface area contributed by atoms with Crippen molar-refractivity contribution in [2.24, 2.45) is 0 Å². The molecule has 0 saturated carbocycles. The Bertz CT molecular complexity index is 1220. The maximum absolute atomic E-state index is 12.9. The molecule has 2 amide bonds. The van der Waals surface area contributed by atoms with Gasteiger partial charge in [-0.2, -0.15) is 0 Å². The van der Waals surface area contributed by atoms with E-state index in [1.807, 2.05) is 6.92 Å². The molecule has 0 spiro atoms. The topological polar surface area (TPSA) is 88.7 Å². The average Bonchev–Trinajstić information content (AvgIpc) is 2.86. The minimum Gasteiger partial charge on any atom is -0.494 e. The van der Waals surface area contributed by atoms with E-state index in [0.717, 1.165) is 18.6 Å². The highest BCUT2D eigenvalue weighted by molar-refractivity contribution is 9.10. The molecule has 3 N–H and O–H groups in total. The maximum Gasteiger partial charge on any atom is 0.257 e. The van der Waals surface area contributed by atoms with Crippen LogP contribution in [0.15, 0.2) is 71.2 Å². The lowest BCUT2D eigenvalue weighted by Crippen LogP contribution is -2.34. The number of thiocarbonyl (C=S) groups is 1. The number of carbonyl (C=O) groups is 2. The number of carbonyl (C=O) groups excluding carboxylic acids is 2. The van der Waals surface area contributed by atoms with Crippen molar-refractivity contribution in [2.45, 2.75) is 26.7 Å². The number of para-hydroxylation sites is 1. The van der Waals surface area contributed by atoms with E-state index < -0.39 is 0 Å². The SMILES string of the molecule is CCCCOc1ccc(C(=O)NC(=S)Nc2ccccc2C(=O)Nc2ccc(OCC)cc2)cc1Br. The van der Waals surface area contributed by atoms with Crippen LogP contribution in [0.4, 0.5) is 11.4 Å². The van der Waals surface area contributed by atoms with Crippen molar-refractivity contribution >= 4 is 56.4 Å². The van der Waals surface area contributed by atoms with Crippen LogP contribution in [0.3, 0.4) is 0 Å². The standard InChI is InChI=1S/C27H28BrN3O4S/c1-3-5-16-35-24-15-10-18(17-22(24)28)25(32)31-27(36)30-23-9-7-6-8-21(23)26(33)29-19-11-13-20(14-12-19)34-4-2/h6-15,17H,3-5,16H2,1-2H3,(H,29,33)(H2,30,31,32,36). The molecule has 0 radical (unpaired) electrons. The van der Waals surface area contributed by atoms with Crippen molar-refractivity contribution in [2.75, 3.05) is 23.8 Å². The van der Waals surface area contributed by atoms with Gasteiger partial charge in [-0.3, -0.25) is 14.9 Å². The average molecular weight is 571 g/mol. The first kappa shape index (κ1) is 27.2. The van der Waals surface area contributed by atoms with Crippen LogP contribution in [0.5, 0.6) is 11.5 Å². The summed E-state index contributed by atoms with van der Waals surface area (Å²) in [5.74, 6) is 0.695. The van der Waals surface area contributed by atoms with E-state index in [1.54, 1.807) is 66.7 Å². The summed E-state index contributed by atoms with van der Waals surface area (Å²) in [6, 6.07) is 19.1. The third-order valence-corrected chi connectivity index (χ3v) is 5.84. The zero-order valence-electron chi connectivity index (χ0n) is 20.1. The highest BCUT2D eigenvalue weighted by Gasteiger charge is 2.15. The molecule has 0 fully saturated rings. The molecule has 9 heteroatoms. The number of halogens is 1. The number of hydrogen-bond acceptors (Lipinski definition) is 5. The van der Waals surface area contributed by atoms with Crippen LogP contribution in [0.2, 0.25) is 0 Å². The summed E-state index contributed by atoms with van der Waals surface area (Å²) >= 11 is 8.78. The first-order chi connectivity index (χ1) is 17.4. The third kappa shape index (κ3) is 7.79.